The van der Waals surface area contributed by atoms with E-state index in [1.165, 1.54) is 0 Å². The van der Waals surface area contributed by atoms with Crippen molar-refractivity contribution in [2.24, 2.45) is 5.14 Å². The number of nitrogens with two attached hydrogens (primary N) is 1. The van der Waals surface area contributed by atoms with Crippen molar-refractivity contribution in [1.29, 1.82) is 0 Å². The molecule has 0 heterocycles. The van der Waals surface area contributed by atoms with Gasteiger partial charge in [0.15, 0.2) is 5.82 Å². The van der Waals surface area contributed by atoms with Gasteiger partial charge in [-0.25, -0.2) is 17.9 Å². The first-order valence-electron chi connectivity index (χ1n) is 6.53. The molecule has 0 aromatic heterocycles. The Kier molecular flexibility index (Phi) is 4.28. The van der Waals surface area contributed by atoms with Crippen LogP contribution in [0.25, 0.3) is 0 Å². The van der Waals surface area contributed by atoms with Crippen LogP contribution in [0.3, 0.4) is 0 Å². The Morgan fingerprint density at radius 2 is 2.10 bits per heavy atom. The fraction of sp³-hybridized carbons (Fsp3) is 0.462. The highest BCUT2D eigenvalue weighted by Gasteiger charge is 2.37. The quantitative estimate of drug-likeness (QED) is 0.884. The molecule has 2 rings (SSSR count). The van der Waals surface area contributed by atoms with Crippen LogP contribution in [0.5, 0.6) is 0 Å². The first-order valence-corrected chi connectivity index (χ1v) is 8.45. The van der Waals surface area contributed by atoms with Gasteiger partial charge < -0.3 is 5.32 Å². The molecule has 8 heteroatoms. The Bertz CT molecular complexity index is 681. The molecule has 0 bridgehead atoms. The zero-order chi connectivity index (χ0) is 15.8. The van der Waals surface area contributed by atoms with Gasteiger partial charge in [-0.3, -0.25) is 4.79 Å². The third-order valence-corrected chi connectivity index (χ3v) is 5.05. The topological polar surface area (TPSA) is 89.3 Å². The van der Waals surface area contributed by atoms with Crippen molar-refractivity contribution in [1.82, 2.24) is 5.32 Å². The molecule has 1 aliphatic carbocycles. The largest absolute Gasteiger partial charge is 0.347 e. The van der Waals surface area contributed by atoms with E-state index < -0.39 is 32.2 Å². The average molecular weight is 335 g/mol. The van der Waals surface area contributed by atoms with Gasteiger partial charge in [-0.05, 0) is 37.8 Å². The molecule has 0 saturated heterocycles. The highest BCUT2D eigenvalue weighted by molar-refractivity contribution is 7.89. The van der Waals surface area contributed by atoms with Crippen LogP contribution >= 0.6 is 11.6 Å². The minimum atomic E-state index is -4.29. The predicted octanol–water partition coefficient (Wildman–Crippen LogP) is 2.19. The normalized spacial score (nSPS) is 17.1. The second-order valence-electron chi connectivity index (χ2n) is 5.25. The molecular weight excluding hydrogens is 319 g/mol. The number of primary sulfonamides is 1. The van der Waals surface area contributed by atoms with E-state index in [-0.39, 0.29) is 10.6 Å². The molecule has 0 aliphatic heterocycles. The molecule has 3 N–H and O–H groups in total. The number of carbonyl (C=O) groups excluding carboxylic acids is 1. The van der Waals surface area contributed by atoms with Crippen molar-refractivity contribution in [3.05, 3.63) is 28.5 Å². The molecule has 1 aliphatic rings. The summed E-state index contributed by atoms with van der Waals surface area (Å²) in [6.45, 7) is 1.93. The van der Waals surface area contributed by atoms with Gasteiger partial charge in [-0.2, -0.15) is 0 Å². The lowest BCUT2D eigenvalue weighted by atomic mass is 9.74. The number of hydrogen-bond acceptors (Lipinski definition) is 3. The number of carbonyl (C=O) groups is 1. The molecule has 1 amide bonds. The van der Waals surface area contributed by atoms with Crippen molar-refractivity contribution in [3.63, 3.8) is 0 Å². The van der Waals surface area contributed by atoms with Gasteiger partial charge >= 0.3 is 0 Å². The van der Waals surface area contributed by atoms with Crippen LogP contribution in [-0.2, 0) is 10.0 Å². The Hall–Kier alpha value is -1.18. The van der Waals surface area contributed by atoms with Gasteiger partial charge in [-0.1, -0.05) is 18.5 Å². The maximum Gasteiger partial charge on any atom is 0.254 e. The van der Waals surface area contributed by atoms with Crippen molar-refractivity contribution in [2.75, 3.05) is 0 Å². The summed E-state index contributed by atoms with van der Waals surface area (Å²) in [5, 5.41) is 7.63. The molecule has 1 aromatic rings. The Morgan fingerprint density at radius 1 is 1.48 bits per heavy atom. The second kappa shape index (κ2) is 5.55. The average Bonchev–Trinajstić information content (AvgIpc) is 2.34. The summed E-state index contributed by atoms with van der Waals surface area (Å²) < 4.78 is 36.9. The van der Waals surface area contributed by atoms with Gasteiger partial charge in [0.2, 0.25) is 10.0 Å². The minimum absolute atomic E-state index is 0.0651. The van der Waals surface area contributed by atoms with Crippen molar-refractivity contribution >= 4 is 27.5 Å². The maximum absolute atomic E-state index is 14.2. The minimum Gasteiger partial charge on any atom is -0.347 e. The highest BCUT2D eigenvalue weighted by Crippen LogP contribution is 2.35. The maximum atomic E-state index is 14.2. The summed E-state index contributed by atoms with van der Waals surface area (Å²) in [5.74, 6) is -1.86. The summed E-state index contributed by atoms with van der Waals surface area (Å²) in [5.41, 5.74) is -0.751. The summed E-state index contributed by atoms with van der Waals surface area (Å²) in [6.07, 6.45) is 3.36. The Balaban J connectivity index is 2.40. The van der Waals surface area contributed by atoms with Gasteiger partial charge in [0.25, 0.3) is 5.91 Å². The van der Waals surface area contributed by atoms with E-state index in [1.54, 1.807) is 0 Å². The molecule has 21 heavy (non-hydrogen) atoms. The van der Waals surface area contributed by atoms with Crippen LogP contribution in [0.15, 0.2) is 17.0 Å². The molecule has 5 nitrogen and oxygen atoms in total. The van der Waals surface area contributed by atoms with Crippen molar-refractivity contribution in [3.8, 4) is 0 Å². The monoisotopic (exact) mass is 334 g/mol. The van der Waals surface area contributed by atoms with E-state index in [9.17, 15) is 17.6 Å². The standard InChI is InChI=1S/C13H16ClFN2O3S/c1-2-13(4-3-5-13)17-12(18)9-6-8(14)7-10(11(9)15)21(16,19)20/h6-7H,2-5H2,1H3,(H,17,18)(H2,16,19,20). The third kappa shape index (κ3) is 3.20. The van der Waals surface area contributed by atoms with Crippen LogP contribution < -0.4 is 10.5 Å². The Labute approximate surface area is 127 Å². The van der Waals surface area contributed by atoms with E-state index >= 15 is 0 Å². The molecule has 1 saturated carbocycles. The zero-order valence-corrected chi connectivity index (χ0v) is 13.0. The van der Waals surface area contributed by atoms with Gasteiger partial charge in [0.05, 0.1) is 5.56 Å². The predicted molar refractivity (Wildman–Crippen MR) is 77.1 cm³/mol. The first-order chi connectivity index (χ1) is 9.68. The van der Waals surface area contributed by atoms with E-state index in [2.05, 4.69) is 5.32 Å². The van der Waals surface area contributed by atoms with E-state index in [0.717, 1.165) is 37.8 Å². The molecule has 1 aromatic carbocycles. The van der Waals surface area contributed by atoms with E-state index in [1.807, 2.05) is 6.92 Å². The fourth-order valence-electron chi connectivity index (χ4n) is 2.42. The lowest BCUT2D eigenvalue weighted by molar-refractivity contribution is 0.0815. The van der Waals surface area contributed by atoms with Gasteiger partial charge in [0.1, 0.15) is 4.90 Å². The smallest absolute Gasteiger partial charge is 0.254 e. The first kappa shape index (κ1) is 16.2. The van der Waals surface area contributed by atoms with Crippen LogP contribution in [0.2, 0.25) is 5.02 Å². The lowest BCUT2D eigenvalue weighted by Crippen LogP contribution is -2.53. The number of sulfonamides is 1. The number of hydrogen-bond donors (Lipinski definition) is 2. The molecule has 0 radical (unpaired) electrons. The fourth-order valence-corrected chi connectivity index (χ4v) is 3.35. The number of halogens is 2. The number of benzene rings is 1. The lowest BCUT2D eigenvalue weighted by Gasteiger charge is -2.42. The molecule has 0 spiro atoms. The van der Waals surface area contributed by atoms with Gasteiger partial charge in [0, 0.05) is 10.6 Å². The van der Waals surface area contributed by atoms with Crippen LogP contribution in [0.4, 0.5) is 4.39 Å². The van der Waals surface area contributed by atoms with E-state index in [4.69, 9.17) is 16.7 Å². The molecular formula is C13H16ClFN2O3S. The summed E-state index contributed by atoms with van der Waals surface area (Å²) in [4.78, 5) is 11.4. The summed E-state index contributed by atoms with van der Waals surface area (Å²) in [7, 11) is -4.29. The summed E-state index contributed by atoms with van der Waals surface area (Å²) in [6, 6.07) is 1.99. The Morgan fingerprint density at radius 3 is 2.52 bits per heavy atom. The van der Waals surface area contributed by atoms with E-state index in [0.29, 0.717) is 0 Å². The number of amides is 1. The summed E-state index contributed by atoms with van der Waals surface area (Å²) >= 11 is 5.76. The SMILES string of the molecule is CCC1(NC(=O)c2cc(Cl)cc(S(N)(=O)=O)c2F)CCC1. The molecule has 116 valence electrons. The van der Waals surface area contributed by atoms with Crippen LogP contribution in [0.1, 0.15) is 43.0 Å². The molecule has 0 unspecified atom stereocenters. The van der Waals surface area contributed by atoms with Crippen LogP contribution in [-0.4, -0.2) is 19.9 Å². The molecule has 1 fully saturated rings. The number of rotatable bonds is 4. The second-order valence-corrected chi connectivity index (χ2v) is 7.22. The van der Waals surface area contributed by atoms with Crippen LogP contribution in [0, 0.1) is 5.82 Å². The van der Waals surface area contributed by atoms with Gasteiger partial charge in [-0.15, -0.1) is 0 Å². The third-order valence-electron chi connectivity index (χ3n) is 3.92. The van der Waals surface area contributed by atoms with Crippen molar-refractivity contribution < 1.29 is 17.6 Å². The zero-order valence-electron chi connectivity index (χ0n) is 11.4. The van der Waals surface area contributed by atoms with Crippen molar-refractivity contribution in [2.45, 2.75) is 43.0 Å². The highest BCUT2D eigenvalue weighted by atomic mass is 35.5. The molecule has 0 atom stereocenters. The number of nitrogens with one attached hydrogen (secondary N) is 1.